The lowest BCUT2D eigenvalue weighted by Crippen LogP contribution is -2.09. The Bertz CT molecular complexity index is 540. The number of hydrogen-bond donors (Lipinski definition) is 0. The van der Waals surface area contributed by atoms with E-state index in [-0.39, 0.29) is 0 Å². The van der Waals surface area contributed by atoms with E-state index in [2.05, 4.69) is 26.6 Å². The molecule has 0 unspecified atom stereocenters. The van der Waals surface area contributed by atoms with E-state index in [0.29, 0.717) is 6.54 Å². The van der Waals surface area contributed by atoms with E-state index in [1.165, 1.54) is 32.1 Å². The molecule has 0 aromatic carbocycles. The van der Waals surface area contributed by atoms with Gasteiger partial charge >= 0.3 is 0 Å². The maximum Gasteiger partial charge on any atom is 0.226 e. The zero-order valence-corrected chi connectivity index (χ0v) is 12.1. The zero-order chi connectivity index (χ0) is 13.8. The van der Waals surface area contributed by atoms with Crippen LogP contribution < -0.4 is 0 Å². The molecular weight excluding hydrogens is 252 g/mol. The second kappa shape index (κ2) is 6.20. The quantitative estimate of drug-likeness (QED) is 0.841. The number of aryl methyl sites for hydroxylation is 1. The lowest BCUT2D eigenvalue weighted by atomic mass is 9.87. The summed E-state index contributed by atoms with van der Waals surface area (Å²) in [4.78, 5) is 8.84. The van der Waals surface area contributed by atoms with Crippen LogP contribution in [0.3, 0.4) is 0 Å². The topological polar surface area (TPSA) is 56.7 Å². The van der Waals surface area contributed by atoms with Crippen molar-refractivity contribution in [1.82, 2.24) is 19.7 Å². The van der Waals surface area contributed by atoms with Gasteiger partial charge in [0.25, 0.3) is 0 Å². The predicted octanol–water partition coefficient (Wildman–Crippen LogP) is 3.00. The SMILES string of the molecule is CCc1nccn1Cc1noc(CC2CCCCC2)n1. The van der Waals surface area contributed by atoms with Crippen LogP contribution in [-0.4, -0.2) is 19.7 Å². The molecule has 20 heavy (non-hydrogen) atoms. The van der Waals surface area contributed by atoms with E-state index in [0.717, 1.165) is 36.3 Å². The maximum absolute atomic E-state index is 5.39. The highest BCUT2D eigenvalue weighted by molar-refractivity contribution is 4.97. The monoisotopic (exact) mass is 274 g/mol. The summed E-state index contributed by atoms with van der Waals surface area (Å²) >= 11 is 0. The molecule has 0 spiro atoms. The number of aromatic nitrogens is 4. The third-order valence-electron chi connectivity index (χ3n) is 4.13. The fraction of sp³-hybridized carbons (Fsp3) is 0.667. The van der Waals surface area contributed by atoms with Gasteiger partial charge in [0.2, 0.25) is 5.89 Å². The first-order valence-electron chi connectivity index (χ1n) is 7.66. The fourth-order valence-corrected chi connectivity index (χ4v) is 3.03. The molecule has 0 saturated heterocycles. The molecule has 1 fully saturated rings. The summed E-state index contributed by atoms with van der Waals surface area (Å²) in [6.45, 7) is 2.75. The van der Waals surface area contributed by atoms with E-state index in [9.17, 15) is 0 Å². The molecule has 0 N–H and O–H groups in total. The Morgan fingerprint density at radius 2 is 2.15 bits per heavy atom. The van der Waals surface area contributed by atoms with Gasteiger partial charge in [-0.25, -0.2) is 4.98 Å². The summed E-state index contributed by atoms with van der Waals surface area (Å²) in [6.07, 6.45) is 12.3. The van der Waals surface area contributed by atoms with Crippen molar-refractivity contribution < 1.29 is 4.52 Å². The van der Waals surface area contributed by atoms with Crippen LogP contribution in [0.5, 0.6) is 0 Å². The first-order chi connectivity index (χ1) is 9.85. The van der Waals surface area contributed by atoms with Crippen LogP contribution >= 0.6 is 0 Å². The molecule has 2 aromatic heterocycles. The predicted molar refractivity (Wildman–Crippen MR) is 75.3 cm³/mol. The van der Waals surface area contributed by atoms with Gasteiger partial charge in [-0.2, -0.15) is 4.98 Å². The number of imidazole rings is 1. The van der Waals surface area contributed by atoms with Gasteiger partial charge in [0.15, 0.2) is 5.82 Å². The van der Waals surface area contributed by atoms with Crippen LogP contribution in [0.15, 0.2) is 16.9 Å². The van der Waals surface area contributed by atoms with Crippen molar-refractivity contribution >= 4 is 0 Å². The van der Waals surface area contributed by atoms with E-state index in [4.69, 9.17) is 4.52 Å². The van der Waals surface area contributed by atoms with Gasteiger partial charge in [0.1, 0.15) is 5.82 Å². The molecule has 1 aliphatic rings. The molecule has 2 aromatic rings. The van der Waals surface area contributed by atoms with Crippen molar-refractivity contribution in [2.45, 2.75) is 58.4 Å². The van der Waals surface area contributed by atoms with Gasteiger partial charge in [0, 0.05) is 25.2 Å². The Morgan fingerprint density at radius 1 is 1.30 bits per heavy atom. The third-order valence-corrected chi connectivity index (χ3v) is 4.13. The minimum Gasteiger partial charge on any atom is -0.339 e. The lowest BCUT2D eigenvalue weighted by Gasteiger charge is -2.19. The van der Waals surface area contributed by atoms with E-state index in [1.54, 1.807) is 0 Å². The second-order valence-electron chi connectivity index (χ2n) is 5.64. The number of nitrogens with zero attached hydrogens (tertiary/aromatic N) is 4. The fourth-order valence-electron chi connectivity index (χ4n) is 3.03. The Morgan fingerprint density at radius 3 is 2.95 bits per heavy atom. The van der Waals surface area contributed by atoms with Gasteiger partial charge in [-0.1, -0.05) is 31.3 Å². The van der Waals surface area contributed by atoms with Gasteiger partial charge in [-0.15, -0.1) is 0 Å². The van der Waals surface area contributed by atoms with Gasteiger partial charge in [-0.05, 0) is 18.8 Å². The van der Waals surface area contributed by atoms with Crippen LogP contribution in [0, 0.1) is 5.92 Å². The maximum atomic E-state index is 5.39. The van der Waals surface area contributed by atoms with Gasteiger partial charge in [0.05, 0.1) is 6.54 Å². The van der Waals surface area contributed by atoms with Crippen molar-refractivity contribution in [2.75, 3.05) is 0 Å². The Kier molecular flexibility index (Phi) is 4.14. The average Bonchev–Trinajstić information content (AvgIpc) is 3.10. The molecule has 2 heterocycles. The highest BCUT2D eigenvalue weighted by Crippen LogP contribution is 2.26. The molecule has 0 amide bonds. The summed E-state index contributed by atoms with van der Waals surface area (Å²) in [7, 11) is 0. The minimum absolute atomic E-state index is 0.650. The molecule has 0 atom stereocenters. The Labute approximate surface area is 119 Å². The Balaban J connectivity index is 1.61. The van der Waals surface area contributed by atoms with Crippen LogP contribution in [0.25, 0.3) is 0 Å². The summed E-state index contributed by atoms with van der Waals surface area (Å²) in [5.74, 6) is 3.34. The van der Waals surface area contributed by atoms with Crippen LogP contribution in [0.4, 0.5) is 0 Å². The first kappa shape index (κ1) is 13.3. The average molecular weight is 274 g/mol. The molecule has 3 rings (SSSR count). The van der Waals surface area contributed by atoms with Crippen LogP contribution in [-0.2, 0) is 19.4 Å². The van der Waals surface area contributed by atoms with Crippen molar-refractivity contribution in [2.24, 2.45) is 5.92 Å². The van der Waals surface area contributed by atoms with E-state index < -0.39 is 0 Å². The van der Waals surface area contributed by atoms with E-state index in [1.807, 2.05) is 12.4 Å². The van der Waals surface area contributed by atoms with E-state index >= 15 is 0 Å². The summed E-state index contributed by atoms with van der Waals surface area (Å²) in [6, 6.07) is 0. The highest BCUT2D eigenvalue weighted by Gasteiger charge is 2.17. The Hall–Kier alpha value is -1.65. The molecule has 5 nitrogen and oxygen atoms in total. The van der Waals surface area contributed by atoms with Crippen LogP contribution in [0.1, 0.15) is 56.6 Å². The lowest BCUT2D eigenvalue weighted by molar-refractivity contribution is 0.303. The van der Waals surface area contributed by atoms with Crippen LogP contribution in [0.2, 0.25) is 0 Å². The normalized spacial score (nSPS) is 16.6. The summed E-state index contributed by atoms with van der Waals surface area (Å²) in [5, 5.41) is 4.10. The molecular formula is C15H22N4O. The molecule has 108 valence electrons. The number of hydrogen-bond acceptors (Lipinski definition) is 4. The van der Waals surface area contributed by atoms with Crippen molar-refractivity contribution in [3.8, 4) is 0 Å². The molecule has 1 saturated carbocycles. The van der Waals surface area contributed by atoms with Crippen molar-refractivity contribution in [1.29, 1.82) is 0 Å². The zero-order valence-electron chi connectivity index (χ0n) is 12.1. The molecule has 0 radical (unpaired) electrons. The molecule has 0 aliphatic heterocycles. The molecule has 5 heteroatoms. The largest absolute Gasteiger partial charge is 0.339 e. The van der Waals surface area contributed by atoms with Gasteiger partial charge < -0.3 is 9.09 Å². The number of rotatable bonds is 5. The smallest absolute Gasteiger partial charge is 0.226 e. The minimum atomic E-state index is 0.650. The highest BCUT2D eigenvalue weighted by atomic mass is 16.5. The molecule has 0 bridgehead atoms. The second-order valence-corrected chi connectivity index (χ2v) is 5.64. The third kappa shape index (κ3) is 3.08. The summed E-state index contributed by atoms with van der Waals surface area (Å²) in [5.41, 5.74) is 0. The standard InChI is InChI=1S/C15H22N4O/c1-2-14-16-8-9-19(14)11-13-17-15(20-18-13)10-12-6-4-3-5-7-12/h8-9,12H,2-7,10-11H2,1H3. The summed E-state index contributed by atoms with van der Waals surface area (Å²) < 4.78 is 7.47. The molecule has 1 aliphatic carbocycles. The van der Waals surface area contributed by atoms with Crippen molar-refractivity contribution in [3.63, 3.8) is 0 Å². The van der Waals surface area contributed by atoms with Gasteiger partial charge in [-0.3, -0.25) is 0 Å². The first-order valence-corrected chi connectivity index (χ1v) is 7.66. The van der Waals surface area contributed by atoms with Crippen molar-refractivity contribution in [3.05, 3.63) is 29.9 Å².